The number of rotatable bonds is 5. The van der Waals surface area contributed by atoms with Gasteiger partial charge in [0.2, 0.25) is 5.91 Å². The number of amides is 2. The summed E-state index contributed by atoms with van der Waals surface area (Å²) in [6, 6.07) is 9.57. The third-order valence-electron chi connectivity index (χ3n) is 6.05. The average Bonchev–Trinajstić information content (AvgIpc) is 2.97. The van der Waals surface area contributed by atoms with Crippen molar-refractivity contribution < 1.29 is 18.7 Å². The topological polar surface area (TPSA) is 62.7 Å². The predicted octanol–water partition coefficient (Wildman–Crippen LogP) is 3.42. The van der Waals surface area contributed by atoms with Crippen LogP contribution in [0.15, 0.2) is 48.8 Å². The largest absolute Gasteiger partial charge is 0.370 e. The van der Waals surface area contributed by atoms with E-state index in [4.69, 9.17) is 4.74 Å². The Labute approximate surface area is 182 Å². The van der Waals surface area contributed by atoms with Gasteiger partial charge in [-0.3, -0.25) is 14.6 Å². The van der Waals surface area contributed by atoms with Gasteiger partial charge in [-0.25, -0.2) is 4.39 Å². The minimum absolute atomic E-state index is 0.0153. The summed E-state index contributed by atoms with van der Waals surface area (Å²) in [7, 11) is 0. The molecule has 0 unspecified atom stereocenters. The van der Waals surface area contributed by atoms with Crippen LogP contribution in [0.3, 0.4) is 0 Å². The minimum Gasteiger partial charge on any atom is -0.370 e. The van der Waals surface area contributed by atoms with Gasteiger partial charge >= 0.3 is 0 Å². The van der Waals surface area contributed by atoms with Crippen LogP contribution in [-0.2, 0) is 16.1 Å². The van der Waals surface area contributed by atoms with Crippen molar-refractivity contribution in [1.29, 1.82) is 0 Å². The van der Waals surface area contributed by atoms with Crippen molar-refractivity contribution in [2.45, 2.75) is 50.9 Å². The molecule has 1 atom stereocenters. The first-order valence-electron chi connectivity index (χ1n) is 10.9. The predicted molar refractivity (Wildman–Crippen MR) is 114 cm³/mol. The lowest BCUT2D eigenvalue weighted by atomic mass is 9.94. The van der Waals surface area contributed by atoms with E-state index in [1.54, 1.807) is 18.5 Å². The summed E-state index contributed by atoms with van der Waals surface area (Å²) in [5.74, 6) is -0.891. The second-order valence-corrected chi connectivity index (χ2v) is 8.33. The van der Waals surface area contributed by atoms with Gasteiger partial charge in [0.1, 0.15) is 12.4 Å². The number of carbonyl (C=O) groups excluding carboxylic acids is 2. The van der Waals surface area contributed by atoms with Gasteiger partial charge in [-0.15, -0.1) is 0 Å². The Balaban J connectivity index is 1.53. The van der Waals surface area contributed by atoms with Crippen LogP contribution in [0.25, 0.3) is 0 Å². The molecular formula is C24H28FN3O3. The van der Waals surface area contributed by atoms with Crippen LogP contribution in [0.1, 0.15) is 48.0 Å². The molecule has 1 saturated heterocycles. The number of carbonyl (C=O) groups is 2. The standard InChI is InChI=1S/C24H28FN3O3/c25-20-8-4-7-19(12-20)24(30)27-14-22(31-17-18-6-5-11-26-13-18)15-28(23(29)16-27)21-9-2-1-3-10-21/h4-8,11-13,21-22H,1-3,9-10,14-17H2/t22-/m0/s1. The molecule has 1 aliphatic carbocycles. The van der Waals surface area contributed by atoms with Gasteiger partial charge < -0.3 is 14.5 Å². The molecular weight excluding hydrogens is 397 g/mol. The fourth-order valence-electron chi connectivity index (χ4n) is 4.45. The van der Waals surface area contributed by atoms with Gasteiger partial charge in [0, 0.05) is 37.1 Å². The van der Waals surface area contributed by atoms with Gasteiger partial charge in [0.15, 0.2) is 0 Å². The molecule has 0 spiro atoms. The second kappa shape index (κ2) is 10.0. The Morgan fingerprint density at radius 1 is 1.13 bits per heavy atom. The lowest BCUT2D eigenvalue weighted by Crippen LogP contribution is -2.46. The van der Waals surface area contributed by atoms with Gasteiger partial charge in [0.05, 0.1) is 12.7 Å². The summed E-state index contributed by atoms with van der Waals surface area (Å²) in [5, 5.41) is 0. The van der Waals surface area contributed by atoms with E-state index in [1.165, 1.54) is 29.5 Å². The molecule has 2 aromatic rings. The minimum atomic E-state index is -0.472. The molecule has 2 aliphatic rings. The van der Waals surface area contributed by atoms with Crippen LogP contribution < -0.4 is 0 Å². The lowest BCUT2D eigenvalue weighted by molar-refractivity contribution is -0.134. The summed E-state index contributed by atoms with van der Waals surface area (Å²) >= 11 is 0. The Bertz CT molecular complexity index is 902. The highest BCUT2D eigenvalue weighted by molar-refractivity contribution is 5.96. The molecule has 1 aromatic carbocycles. The number of halogens is 1. The van der Waals surface area contributed by atoms with E-state index in [1.807, 2.05) is 17.0 Å². The molecule has 0 N–H and O–H groups in total. The fraction of sp³-hybridized carbons (Fsp3) is 0.458. The van der Waals surface area contributed by atoms with E-state index in [-0.39, 0.29) is 42.6 Å². The molecule has 7 heteroatoms. The Morgan fingerprint density at radius 3 is 2.71 bits per heavy atom. The highest BCUT2D eigenvalue weighted by atomic mass is 19.1. The molecule has 0 bridgehead atoms. The van der Waals surface area contributed by atoms with Crippen molar-refractivity contribution in [2.75, 3.05) is 19.6 Å². The van der Waals surface area contributed by atoms with Crippen molar-refractivity contribution >= 4 is 11.8 Å². The fourth-order valence-corrected chi connectivity index (χ4v) is 4.45. The first-order valence-corrected chi connectivity index (χ1v) is 10.9. The number of hydrogen-bond donors (Lipinski definition) is 0. The molecule has 2 amide bonds. The molecule has 31 heavy (non-hydrogen) atoms. The number of hydrogen-bond acceptors (Lipinski definition) is 4. The maximum atomic E-state index is 13.7. The van der Waals surface area contributed by atoms with E-state index >= 15 is 0 Å². The van der Waals surface area contributed by atoms with Gasteiger partial charge in [-0.05, 0) is 42.7 Å². The highest BCUT2D eigenvalue weighted by Gasteiger charge is 2.35. The molecule has 2 heterocycles. The van der Waals surface area contributed by atoms with E-state index in [0.717, 1.165) is 31.2 Å². The monoisotopic (exact) mass is 425 g/mol. The quantitative estimate of drug-likeness (QED) is 0.736. The van der Waals surface area contributed by atoms with Crippen LogP contribution in [-0.4, -0.2) is 58.4 Å². The molecule has 1 aliphatic heterocycles. The van der Waals surface area contributed by atoms with Gasteiger partial charge in [-0.2, -0.15) is 0 Å². The molecule has 0 radical (unpaired) electrons. The third-order valence-corrected chi connectivity index (χ3v) is 6.05. The van der Waals surface area contributed by atoms with Crippen molar-refractivity contribution in [3.05, 3.63) is 65.7 Å². The Kier molecular flexibility index (Phi) is 6.92. The van der Waals surface area contributed by atoms with E-state index in [0.29, 0.717) is 13.2 Å². The Morgan fingerprint density at radius 2 is 1.97 bits per heavy atom. The molecule has 6 nitrogen and oxygen atoms in total. The van der Waals surface area contributed by atoms with E-state index in [9.17, 15) is 14.0 Å². The first kappa shape index (κ1) is 21.4. The zero-order valence-corrected chi connectivity index (χ0v) is 17.6. The zero-order valence-electron chi connectivity index (χ0n) is 17.6. The van der Waals surface area contributed by atoms with E-state index < -0.39 is 5.82 Å². The van der Waals surface area contributed by atoms with Crippen LogP contribution in [0, 0.1) is 5.82 Å². The molecule has 2 fully saturated rings. The third kappa shape index (κ3) is 5.47. The second-order valence-electron chi connectivity index (χ2n) is 8.33. The van der Waals surface area contributed by atoms with Crippen molar-refractivity contribution in [3.63, 3.8) is 0 Å². The number of pyridine rings is 1. The van der Waals surface area contributed by atoms with Gasteiger partial charge in [0.25, 0.3) is 5.91 Å². The first-order chi connectivity index (χ1) is 15.1. The molecule has 164 valence electrons. The Hall–Kier alpha value is -2.80. The van der Waals surface area contributed by atoms with Crippen LogP contribution in [0.2, 0.25) is 0 Å². The lowest BCUT2D eigenvalue weighted by Gasteiger charge is -2.34. The molecule has 1 saturated carbocycles. The van der Waals surface area contributed by atoms with Gasteiger partial charge in [-0.1, -0.05) is 31.4 Å². The summed E-state index contributed by atoms with van der Waals surface area (Å²) < 4.78 is 19.8. The van der Waals surface area contributed by atoms with Crippen molar-refractivity contribution in [1.82, 2.24) is 14.8 Å². The molecule has 4 rings (SSSR count). The van der Waals surface area contributed by atoms with Crippen LogP contribution in [0.4, 0.5) is 4.39 Å². The number of benzene rings is 1. The average molecular weight is 426 g/mol. The number of aromatic nitrogens is 1. The zero-order chi connectivity index (χ0) is 21.6. The SMILES string of the molecule is O=C(c1cccc(F)c1)N1CC(=O)N(C2CCCCC2)C[C@@H](OCc2cccnc2)C1. The normalized spacial score (nSPS) is 20.5. The highest BCUT2D eigenvalue weighted by Crippen LogP contribution is 2.25. The van der Waals surface area contributed by atoms with Crippen molar-refractivity contribution in [2.24, 2.45) is 0 Å². The smallest absolute Gasteiger partial charge is 0.254 e. The maximum absolute atomic E-state index is 13.7. The number of nitrogens with zero attached hydrogens (tertiary/aromatic N) is 3. The van der Waals surface area contributed by atoms with Crippen LogP contribution in [0.5, 0.6) is 0 Å². The summed E-state index contributed by atoms with van der Waals surface area (Å²) in [6.45, 7) is 1.08. The van der Waals surface area contributed by atoms with E-state index in [2.05, 4.69) is 4.98 Å². The van der Waals surface area contributed by atoms with Crippen LogP contribution >= 0.6 is 0 Å². The summed E-state index contributed by atoms with van der Waals surface area (Å²) in [4.78, 5) is 33.7. The number of ether oxygens (including phenoxy) is 1. The van der Waals surface area contributed by atoms with Crippen molar-refractivity contribution in [3.8, 4) is 0 Å². The molecule has 1 aromatic heterocycles. The summed E-state index contributed by atoms with van der Waals surface area (Å²) in [5.41, 5.74) is 1.18. The maximum Gasteiger partial charge on any atom is 0.254 e. The summed E-state index contributed by atoms with van der Waals surface area (Å²) in [6.07, 6.45) is 8.52.